The molecule has 1 rings (SSSR count). The van der Waals surface area contributed by atoms with E-state index in [2.05, 4.69) is 5.32 Å². The van der Waals surface area contributed by atoms with Crippen molar-refractivity contribution in [3.63, 3.8) is 0 Å². The summed E-state index contributed by atoms with van der Waals surface area (Å²) in [6, 6.07) is 0. The topological polar surface area (TPSA) is 81.4 Å². The molecule has 1 aromatic rings. The molecule has 0 saturated carbocycles. The fourth-order valence-corrected chi connectivity index (χ4v) is 2.47. The number of amides is 1. The molecule has 0 unspecified atom stereocenters. The van der Waals surface area contributed by atoms with Crippen molar-refractivity contribution in [2.75, 3.05) is 11.9 Å². The third-order valence-electron chi connectivity index (χ3n) is 2.68. The smallest absolute Gasteiger partial charge is 0.341 e. The molecule has 1 aromatic heterocycles. The second kappa shape index (κ2) is 5.71. The zero-order chi connectivity index (χ0) is 14.8. The van der Waals surface area contributed by atoms with E-state index in [0.29, 0.717) is 17.2 Å². The molecule has 6 heteroatoms. The van der Waals surface area contributed by atoms with E-state index in [1.165, 1.54) is 11.3 Å². The van der Waals surface area contributed by atoms with Gasteiger partial charge in [0.25, 0.3) is 0 Å². The van der Waals surface area contributed by atoms with Crippen molar-refractivity contribution >= 4 is 28.2 Å². The van der Waals surface area contributed by atoms with Crippen LogP contribution in [0.25, 0.3) is 0 Å². The number of nitrogens with two attached hydrogens (primary N) is 1. The molecule has 3 N–H and O–H groups in total. The Bertz CT molecular complexity index is 501. The minimum absolute atomic E-state index is 0.295. The van der Waals surface area contributed by atoms with Crippen LogP contribution in [-0.4, -0.2) is 24.0 Å². The van der Waals surface area contributed by atoms with E-state index < -0.39 is 11.5 Å². The third-order valence-corrected chi connectivity index (χ3v) is 3.80. The quantitative estimate of drug-likeness (QED) is 0.831. The van der Waals surface area contributed by atoms with Gasteiger partial charge >= 0.3 is 5.97 Å². The highest BCUT2D eigenvalue weighted by atomic mass is 32.1. The van der Waals surface area contributed by atoms with Crippen LogP contribution in [0, 0.1) is 13.8 Å². The summed E-state index contributed by atoms with van der Waals surface area (Å²) in [6.07, 6.45) is 0. The van der Waals surface area contributed by atoms with Crippen LogP contribution in [0.4, 0.5) is 5.00 Å². The van der Waals surface area contributed by atoms with Gasteiger partial charge in [-0.05, 0) is 40.2 Å². The lowest BCUT2D eigenvalue weighted by molar-refractivity contribution is -0.120. The maximum atomic E-state index is 11.9. The number of aryl methyl sites for hydroxylation is 1. The number of ether oxygens (including phenoxy) is 1. The average molecular weight is 284 g/mol. The van der Waals surface area contributed by atoms with E-state index in [9.17, 15) is 9.59 Å². The number of rotatable bonds is 4. The molecule has 0 fully saturated rings. The second-order valence-electron chi connectivity index (χ2n) is 4.88. The molecule has 0 aromatic carbocycles. The molecule has 0 saturated heterocycles. The predicted octanol–water partition coefficient (Wildman–Crippen LogP) is 2.22. The number of thiophene rings is 1. The molecule has 0 aliphatic rings. The molecule has 0 spiro atoms. The maximum absolute atomic E-state index is 11.9. The largest absolute Gasteiger partial charge is 0.462 e. The second-order valence-corrected chi connectivity index (χ2v) is 6.11. The van der Waals surface area contributed by atoms with Gasteiger partial charge in [-0.2, -0.15) is 0 Å². The minimum atomic E-state index is -1.00. The summed E-state index contributed by atoms with van der Waals surface area (Å²) in [5.41, 5.74) is 5.98. The minimum Gasteiger partial charge on any atom is -0.462 e. The molecule has 0 aliphatic carbocycles. The van der Waals surface area contributed by atoms with Crippen LogP contribution in [-0.2, 0) is 9.53 Å². The summed E-state index contributed by atoms with van der Waals surface area (Å²) in [6.45, 7) is 8.99. The Labute approximate surface area is 117 Å². The molecule has 0 atom stereocenters. The van der Waals surface area contributed by atoms with Crippen LogP contribution in [0.5, 0.6) is 0 Å². The van der Waals surface area contributed by atoms with Gasteiger partial charge in [0.2, 0.25) is 5.91 Å². The predicted molar refractivity (Wildman–Crippen MR) is 76.6 cm³/mol. The molecular formula is C13H20N2O3S. The third kappa shape index (κ3) is 3.54. The molecule has 1 amide bonds. The van der Waals surface area contributed by atoms with E-state index >= 15 is 0 Å². The van der Waals surface area contributed by atoms with Crippen LogP contribution < -0.4 is 11.1 Å². The number of esters is 1. The lowest BCUT2D eigenvalue weighted by Gasteiger charge is -2.17. The van der Waals surface area contributed by atoms with Crippen LogP contribution in [0.2, 0.25) is 0 Å². The van der Waals surface area contributed by atoms with Gasteiger partial charge in [-0.3, -0.25) is 4.79 Å². The highest BCUT2D eigenvalue weighted by molar-refractivity contribution is 7.16. The maximum Gasteiger partial charge on any atom is 0.341 e. The Morgan fingerprint density at radius 1 is 1.37 bits per heavy atom. The van der Waals surface area contributed by atoms with Crippen molar-refractivity contribution in [3.05, 3.63) is 16.0 Å². The van der Waals surface area contributed by atoms with Crippen molar-refractivity contribution in [3.8, 4) is 0 Å². The number of hydrogen-bond acceptors (Lipinski definition) is 5. The first-order valence-electron chi connectivity index (χ1n) is 6.06. The first kappa shape index (κ1) is 15.7. The molecule has 5 nitrogen and oxygen atoms in total. The van der Waals surface area contributed by atoms with Gasteiger partial charge in [-0.15, -0.1) is 11.3 Å². The lowest BCUT2D eigenvalue weighted by Crippen LogP contribution is -2.45. The number of hydrogen-bond donors (Lipinski definition) is 2. The van der Waals surface area contributed by atoms with Crippen molar-refractivity contribution in [2.24, 2.45) is 5.73 Å². The standard InChI is InChI=1S/C13H20N2O3S/c1-6-18-11(16)9-7(2)8(3)19-10(9)15-12(17)13(4,5)14/h6,14H2,1-5H3,(H,15,17). The van der Waals surface area contributed by atoms with Gasteiger partial charge in [0.05, 0.1) is 17.7 Å². The molecule has 0 aliphatic heterocycles. The number of carbonyl (C=O) groups is 2. The molecule has 0 bridgehead atoms. The fourth-order valence-electron chi connectivity index (χ4n) is 1.43. The van der Waals surface area contributed by atoms with Crippen LogP contribution >= 0.6 is 11.3 Å². The fraction of sp³-hybridized carbons (Fsp3) is 0.538. The average Bonchev–Trinajstić information content (AvgIpc) is 2.53. The Morgan fingerprint density at radius 2 is 1.95 bits per heavy atom. The normalized spacial score (nSPS) is 11.3. The SMILES string of the molecule is CCOC(=O)c1c(NC(=O)C(C)(C)N)sc(C)c1C. The van der Waals surface area contributed by atoms with Gasteiger partial charge in [-0.1, -0.05) is 0 Å². The summed E-state index contributed by atoms with van der Waals surface area (Å²) >= 11 is 1.35. The molecule has 0 radical (unpaired) electrons. The summed E-state index contributed by atoms with van der Waals surface area (Å²) in [4.78, 5) is 24.8. The van der Waals surface area contributed by atoms with Crippen LogP contribution in [0.1, 0.15) is 41.6 Å². The highest BCUT2D eigenvalue weighted by Crippen LogP contribution is 2.33. The Morgan fingerprint density at radius 3 is 2.42 bits per heavy atom. The van der Waals surface area contributed by atoms with E-state index in [0.717, 1.165) is 10.4 Å². The van der Waals surface area contributed by atoms with Gasteiger partial charge in [0.15, 0.2) is 0 Å². The van der Waals surface area contributed by atoms with Crippen molar-refractivity contribution < 1.29 is 14.3 Å². The first-order chi connectivity index (χ1) is 8.68. The van der Waals surface area contributed by atoms with E-state index in [-0.39, 0.29) is 5.91 Å². The summed E-state index contributed by atoms with van der Waals surface area (Å²) < 4.78 is 5.02. The van der Waals surface area contributed by atoms with Crippen molar-refractivity contribution in [2.45, 2.75) is 40.2 Å². The molecule has 106 valence electrons. The highest BCUT2D eigenvalue weighted by Gasteiger charge is 2.27. The summed E-state index contributed by atoms with van der Waals surface area (Å²) in [5.74, 6) is -0.756. The van der Waals surface area contributed by atoms with Gasteiger partial charge < -0.3 is 15.8 Å². The van der Waals surface area contributed by atoms with E-state index in [1.54, 1.807) is 20.8 Å². The van der Waals surface area contributed by atoms with Crippen LogP contribution in [0.3, 0.4) is 0 Å². The van der Waals surface area contributed by atoms with Crippen molar-refractivity contribution in [1.29, 1.82) is 0 Å². The van der Waals surface area contributed by atoms with Gasteiger partial charge in [-0.25, -0.2) is 4.79 Å². The molecular weight excluding hydrogens is 264 g/mol. The van der Waals surface area contributed by atoms with Gasteiger partial charge in [0, 0.05) is 4.88 Å². The van der Waals surface area contributed by atoms with E-state index in [1.807, 2.05) is 13.8 Å². The van der Waals surface area contributed by atoms with E-state index in [4.69, 9.17) is 10.5 Å². The Hall–Kier alpha value is -1.40. The molecule has 19 heavy (non-hydrogen) atoms. The summed E-state index contributed by atoms with van der Waals surface area (Å²) in [7, 11) is 0. The van der Waals surface area contributed by atoms with Gasteiger partial charge in [0.1, 0.15) is 5.00 Å². The lowest BCUT2D eigenvalue weighted by atomic mass is 10.1. The number of carbonyl (C=O) groups excluding carboxylic acids is 2. The number of nitrogens with one attached hydrogen (secondary N) is 1. The number of anilines is 1. The first-order valence-corrected chi connectivity index (χ1v) is 6.87. The Kier molecular flexibility index (Phi) is 4.70. The van der Waals surface area contributed by atoms with Crippen molar-refractivity contribution in [1.82, 2.24) is 0 Å². The molecule has 1 heterocycles. The Balaban J connectivity index is 3.11. The monoisotopic (exact) mass is 284 g/mol. The van der Waals surface area contributed by atoms with Crippen LogP contribution in [0.15, 0.2) is 0 Å². The summed E-state index contributed by atoms with van der Waals surface area (Å²) in [5, 5.41) is 3.20. The zero-order valence-electron chi connectivity index (χ0n) is 11.9. The zero-order valence-corrected chi connectivity index (χ0v) is 12.7.